The average Bonchev–Trinajstić information content (AvgIpc) is 3.13. The summed E-state index contributed by atoms with van der Waals surface area (Å²) in [7, 11) is 0. The van der Waals surface area contributed by atoms with Crippen LogP contribution in [0.15, 0.2) is 48.5 Å². The fourth-order valence-corrected chi connectivity index (χ4v) is 5.20. The first-order valence-electron chi connectivity index (χ1n) is 12.6. The normalized spacial score (nSPS) is 17.6. The number of likely N-dealkylation sites (tertiary alicyclic amines) is 1. The van der Waals surface area contributed by atoms with Gasteiger partial charge in [-0.15, -0.1) is 0 Å². The highest BCUT2D eigenvalue weighted by molar-refractivity contribution is 5.98. The van der Waals surface area contributed by atoms with E-state index in [0.29, 0.717) is 17.8 Å². The van der Waals surface area contributed by atoms with Gasteiger partial charge in [0.15, 0.2) is 0 Å². The third-order valence-corrected chi connectivity index (χ3v) is 7.08. The Labute approximate surface area is 226 Å². The summed E-state index contributed by atoms with van der Waals surface area (Å²) in [6, 6.07) is 9.62. The van der Waals surface area contributed by atoms with Crippen LogP contribution in [-0.4, -0.2) is 65.4 Å². The largest absolute Gasteiger partial charge is 0.416 e. The van der Waals surface area contributed by atoms with Crippen LogP contribution in [0.3, 0.4) is 0 Å². The van der Waals surface area contributed by atoms with Crippen LogP contribution in [0.1, 0.15) is 48.2 Å². The Balaban J connectivity index is 1.59. The van der Waals surface area contributed by atoms with E-state index in [-0.39, 0.29) is 63.1 Å². The molecule has 1 spiro atoms. The van der Waals surface area contributed by atoms with E-state index >= 15 is 0 Å². The van der Waals surface area contributed by atoms with Gasteiger partial charge in [-0.05, 0) is 57.0 Å². The van der Waals surface area contributed by atoms with Gasteiger partial charge in [-0.1, -0.05) is 18.2 Å². The molecule has 0 aromatic heterocycles. The van der Waals surface area contributed by atoms with E-state index in [1.54, 1.807) is 44.2 Å². The standard InChI is InChI=1S/C27H28F6N4O3/c1-17(2)34-22(38)15-36-16-37(21-6-4-3-5-7-21)25(24(36)40)8-10-35(11-9-25)23(39)18-12-19(26(28,29)30)14-20(13-18)27(31,32)33/h3-7,12-14,17H,8-11,15-16H2,1-2H3,(H,34,38). The summed E-state index contributed by atoms with van der Waals surface area (Å²) < 4.78 is 79.9. The average molecular weight is 571 g/mol. The van der Waals surface area contributed by atoms with E-state index in [1.807, 2.05) is 4.90 Å². The number of hydrogen-bond donors (Lipinski definition) is 1. The summed E-state index contributed by atoms with van der Waals surface area (Å²) >= 11 is 0. The number of nitrogens with zero attached hydrogens (tertiary/aromatic N) is 3. The summed E-state index contributed by atoms with van der Waals surface area (Å²) in [4.78, 5) is 43.7. The molecule has 1 N–H and O–H groups in total. The van der Waals surface area contributed by atoms with Gasteiger partial charge in [-0.3, -0.25) is 14.4 Å². The lowest BCUT2D eigenvalue weighted by atomic mass is 9.85. The molecule has 0 bridgehead atoms. The number of para-hydroxylation sites is 1. The van der Waals surface area contributed by atoms with Gasteiger partial charge in [-0.2, -0.15) is 26.3 Å². The lowest BCUT2D eigenvalue weighted by molar-refractivity contribution is -0.143. The molecule has 4 rings (SSSR count). The Bertz CT molecular complexity index is 1240. The Morgan fingerprint density at radius 3 is 1.98 bits per heavy atom. The van der Waals surface area contributed by atoms with E-state index in [1.165, 1.54) is 4.90 Å². The van der Waals surface area contributed by atoms with Crippen LogP contribution in [0.5, 0.6) is 0 Å². The Morgan fingerprint density at radius 2 is 1.48 bits per heavy atom. The molecule has 3 amide bonds. The molecule has 216 valence electrons. The third-order valence-electron chi connectivity index (χ3n) is 7.08. The second-order valence-electron chi connectivity index (χ2n) is 10.2. The molecule has 2 aliphatic heterocycles. The highest BCUT2D eigenvalue weighted by atomic mass is 19.4. The third kappa shape index (κ3) is 5.87. The first kappa shape index (κ1) is 29.2. The first-order valence-corrected chi connectivity index (χ1v) is 12.6. The highest BCUT2D eigenvalue weighted by Gasteiger charge is 2.54. The van der Waals surface area contributed by atoms with Crippen LogP contribution in [0.2, 0.25) is 0 Å². The van der Waals surface area contributed by atoms with Gasteiger partial charge in [-0.25, -0.2) is 0 Å². The van der Waals surface area contributed by atoms with Crippen LogP contribution in [-0.2, 0) is 21.9 Å². The van der Waals surface area contributed by atoms with Crippen molar-refractivity contribution in [1.29, 1.82) is 0 Å². The van der Waals surface area contributed by atoms with Crippen LogP contribution in [0, 0.1) is 0 Å². The fraction of sp³-hybridized carbons (Fsp3) is 0.444. The van der Waals surface area contributed by atoms with Crippen molar-refractivity contribution in [2.75, 3.05) is 31.2 Å². The van der Waals surface area contributed by atoms with E-state index in [4.69, 9.17) is 0 Å². The number of carbonyl (C=O) groups excluding carboxylic acids is 3. The summed E-state index contributed by atoms with van der Waals surface area (Å²) in [5.41, 5.74) is -4.31. The van der Waals surface area contributed by atoms with E-state index in [2.05, 4.69) is 5.32 Å². The quantitative estimate of drug-likeness (QED) is 0.537. The molecular weight excluding hydrogens is 542 g/mol. The number of rotatable bonds is 5. The number of halogens is 6. The fourth-order valence-electron chi connectivity index (χ4n) is 5.20. The van der Waals surface area contributed by atoms with Crippen molar-refractivity contribution in [1.82, 2.24) is 15.1 Å². The molecule has 2 heterocycles. The van der Waals surface area contributed by atoms with Crippen molar-refractivity contribution in [3.8, 4) is 0 Å². The minimum absolute atomic E-state index is 0.0269. The smallest absolute Gasteiger partial charge is 0.352 e. The van der Waals surface area contributed by atoms with Gasteiger partial charge >= 0.3 is 12.4 Å². The maximum Gasteiger partial charge on any atom is 0.416 e. The monoisotopic (exact) mass is 570 g/mol. The summed E-state index contributed by atoms with van der Waals surface area (Å²) in [5, 5.41) is 2.74. The number of carbonyl (C=O) groups is 3. The second kappa shape index (κ2) is 10.7. The van der Waals surface area contributed by atoms with Gasteiger partial charge in [0.2, 0.25) is 5.91 Å². The molecule has 0 radical (unpaired) electrons. The van der Waals surface area contributed by atoms with E-state index in [9.17, 15) is 40.7 Å². The van der Waals surface area contributed by atoms with Crippen molar-refractivity contribution in [3.63, 3.8) is 0 Å². The lowest BCUT2D eigenvalue weighted by Crippen LogP contribution is -2.57. The molecule has 0 atom stereocenters. The minimum Gasteiger partial charge on any atom is -0.352 e. The number of alkyl halides is 6. The molecule has 0 unspecified atom stereocenters. The number of benzene rings is 2. The van der Waals surface area contributed by atoms with E-state index < -0.39 is 40.5 Å². The Morgan fingerprint density at radius 1 is 0.925 bits per heavy atom. The van der Waals surface area contributed by atoms with Crippen molar-refractivity contribution in [3.05, 3.63) is 65.2 Å². The molecular formula is C27H28F6N4O3. The van der Waals surface area contributed by atoms with Gasteiger partial charge in [0.05, 0.1) is 17.8 Å². The molecule has 0 saturated carbocycles. The van der Waals surface area contributed by atoms with Gasteiger partial charge < -0.3 is 20.0 Å². The van der Waals surface area contributed by atoms with Gasteiger partial charge in [0, 0.05) is 30.4 Å². The zero-order valence-electron chi connectivity index (χ0n) is 21.8. The maximum absolute atomic E-state index is 13.7. The summed E-state index contributed by atoms with van der Waals surface area (Å²) in [6.07, 6.45) is -10.0. The number of piperidine rings is 1. The highest BCUT2D eigenvalue weighted by Crippen LogP contribution is 2.41. The van der Waals surface area contributed by atoms with Crippen LogP contribution in [0.4, 0.5) is 32.0 Å². The molecule has 13 heteroatoms. The molecule has 2 aliphatic rings. The summed E-state index contributed by atoms with van der Waals surface area (Å²) in [5.74, 6) is -1.66. The number of anilines is 1. The molecule has 2 aromatic carbocycles. The topological polar surface area (TPSA) is 73.0 Å². The van der Waals surface area contributed by atoms with Gasteiger partial charge in [0.1, 0.15) is 12.1 Å². The molecule has 2 fully saturated rings. The number of amides is 3. The minimum atomic E-state index is -5.08. The lowest BCUT2D eigenvalue weighted by Gasteiger charge is -2.43. The molecule has 2 aromatic rings. The number of hydrogen-bond acceptors (Lipinski definition) is 4. The Kier molecular flexibility index (Phi) is 7.79. The zero-order valence-corrected chi connectivity index (χ0v) is 21.8. The van der Waals surface area contributed by atoms with Crippen molar-refractivity contribution < 1.29 is 40.7 Å². The van der Waals surface area contributed by atoms with Crippen LogP contribution >= 0.6 is 0 Å². The predicted molar refractivity (Wildman–Crippen MR) is 133 cm³/mol. The maximum atomic E-state index is 13.7. The number of nitrogens with one attached hydrogen (secondary N) is 1. The zero-order chi connectivity index (χ0) is 29.5. The predicted octanol–water partition coefficient (Wildman–Crippen LogP) is 4.53. The van der Waals surface area contributed by atoms with Gasteiger partial charge in [0.25, 0.3) is 11.8 Å². The summed E-state index contributed by atoms with van der Waals surface area (Å²) in [6.45, 7) is 3.32. The van der Waals surface area contributed by atoms with Crippen molar-refractivity contribution >= 4 is 23.4 Å². The van der Waals surface area contributed by atoms with Crippen LogP contribution in [0.25, 0.3) is 0 Å². The molecule has 7 nitrogen and oxygen atoms in total. The SMILES string of the molecule is CC(C)NC(=O)CN1CN(c2ccccc2)C2(CCN(C(=O)c3cc(C(F)(F)F)cc(C(F)(F)F)c3)CC2)C1=O. The molecule has 2 saturated heterocycles. The van der Waals surface area contributed by atoms with Crippen LogP contribution < -0.4 is 10.2 Å². The second-order valence-corrected chi connectivity index (χ2v) is 10.2. The van der Waals surface area contributed by atoms with Crippen molar-refractivity contribution in [2.24, 2.45) is 0 Å². The Hall–Kier alpha value is -3.77. The molecule has 40 heavy (non-hydrogen) atoms. The first-order chi connectivity index (χ1) is 18.6. The molecule has 0 aliphatic carbocycles. The van der Waals surface area contributed by atoms with E-state index in [0.717, 1.165) is 4.90 Å². The van der Waals surface area contributed by atoms with Crippen molar-refractivity contribution in [2.45, 2.75) is 50.6 Å².